The second kappa shape index (κ2) is 4.39. The molecule has 0 radical (unpaired) electrons. The van der Waals surface area contributed by atoms with Crippen LogP contribution in [0.2, 0.25) is 0 Å². The molecule has 3 rings (SSSR count). The SMILES string of the molecule is OCC1C=C(c2ccc(F)cc2)c2ccccc21. The normalized spacial score (nSPS) is 17.4. The summed E-state index contributed by atoms with van der Waals surface area (Å²) in [6, 6.07) is 14.5. The van der Waals surface area contributed by atoms with Gasteiger partial charge in [0.25, 0.3) is 0 Å². The molecule has 1 N–H and O–H groups in total. The standard InChI is InChI=1S/C16H13FO/c17-13-7-5-11(6-8-13)16-9-12(10-18)14-3-1-2-4-15(14)16/h1-9,12,18H,10H2. The summed E-state index contributed by atoms with van der Waals surface area (Å²) in [7, 11) is 0. The predicted molar refractivity (Wildman–Crippen MR) is 69.7 cm³/mol. The molecule has 1 atom stereocenters. The Morgan fingerprint density at radius 2 is 1.72 bits per heavy atom. The van der Waals surface area contributed by atoms with Crippen LogP contribution in [-0.4, -0.2) is 11.7 Å². The van der Waals surface area contributed by atoms with Crippen LogP contribution in [0.5, 0.6) is 0 Å². The van der Waals surface area contributed by atoms with E-state index in [4.69, 9.17) is 0 Å². The molecule has 0 amide bonds. The summed E-state index contributed by atoms with van der Waals surface area (Å²) >= 11 is 0. The summed E-state index contributed by atoms with van der Waals surface area (Å²) in [5, 5.41) is 9.42. The fourth-order valence-electron chi connectivity index (χ4n) is 2.48. The average Bonchev–Trinajstić information content (AvgIpc) is 2.79. The van der Waals surface area contributed by atoms with E-state index in [2.05, 4.69) is 6.08 Å². The van der Waals surface area contributed by atoms with E-state index in [1.165, 1.54) is 12.1 Å². The largest absolute Gasteiger partial charge is 0.395 e. The Hall–Kier alpha value is -1.93. The van der Waals surface area contributed by atoms with Crippen LogP contribution in [0.4, 0.5) is 4.39 Å². The van der Waals surface area contributed by atoms with E-state index in [1.807, 2.05) is 24.3 Å². The lowest BCUT2D eigenvalue weighted by Gasteiger charge is -2.07. The van der Waals surface area contributed by atoms with Crippen molar-refractivity contribution in [3.8, 4) is 0 Å². The summed E-state index contributed by atoms with van der Waals surface area (Å²) in [5.74, 6) is -0.189. The zero-order chi connectivity index (χ0) is 12.5. The maximum atomic E-state index is 13.0. The van der Waals surface area contributed by atoms with Crippen molar-refractivity contribution in [2.75, 3.05) is 6.61 Å². The van der Waals surface area contributed by atoms with Gasteiger partial charge in [0, 0.05) is 5.92 Å². The third-order valence-electron chi connectivity index (χ3n) is 3.37. The summed E-state index contributed by atoms with van der Waals surface area (Å²) < 4.78 is 13.0. The number of aliphatic hydroxyl groups is 1. The minimum atomic E-state index is -0.232. The number of hydrogen-bond acceptors (Lipinski definition) is 1. The van der Waals surface area contributed by atoms with Crippen LogP contribution >= 0.6 is 0 Å². The van der Waals surface area contributed by atoms with Gasteiger partial charge >= 0.3 is 0 Å². The summed E-state index contributed by atoms with van der Waals surface area (Å²) in [6.45, 7) is 0.0989. The van der Waals surface area contributed by atoms with Crippen LogP contribution in [-0.2, 0) is 0 Å². The molecular weight excluding hydrogens is 227 g/mol. The van der Waals surface area contributed by atoms with Crippen LogP contribution in [0.3, 0.4) is 0 Å². The van der Waals surface area contributed by atoms with Gasteiger partial charge in [0.15, 0.2) is 0 Å². The molecule has 18 heavy (non-hydrogen) atoms. The minimum absolute atomic E-state index is 0.0428. The Labute approximate surface area is 105 Å². The number of aliphatic hydroxyl groups excluding tert-OH is 1. The molecule has 0 aromatic heterocycles. The molecule has 2 aromatic carbocycles. The second-order valence-corrected chi connectivity index (χ2v) is 4.46. The Bertz CT molecular complexity index is 599. The number of hydrogen-bond donors (Lipinski definition) is 1. The van der Waals surface area contributed by atoms with Gasteiger partial charge in [0.1, 0.15) is 5.82 Å². The van der Waals surface area contributed by atoms with E-state index < -0.39 is 0 Å². The lowest BCUT2D eigenvalue weighted by atomic mass is 9.98. The number of fused-ring (bicyclic) bond motifs is 1. The number of halogens is 1. The molecule has 2 heteroatoms. The maximum Gasteiger partial charge on any atom is 0.123 e. The zero-order valence-electron chi connectivity index (χ0n) is 9.81. The van der Waals surface area contributed by atoms with Crippen LogP contribution in [0.15, 0.2) is 54.6 Å². The van der Waals surface area contributed by atoms with Crippen molar-refractivity contribution in [1.29, 1.82) is 0 Å². The average molecular weight is 240 g/mol. The van der Waals surface area contributed by atoms with Crippen molar-refractivity contribution < 1.29 is 9.50 Å². The Morgan fingerprint density at radius 1 is 1.00 bits per heavy atom. The lowest BCUT2D eigenvalue weighted by Crippen LogP contribution is -1.97. The summed E-state index contributed by atoms with van der Waals surface area (Å²) in [6.07, 6.45) is 2.05. The highest BCUT2D eigenvalue weighted by molar-refractivity contribution is 5.85. The van der Waals surface area contributed by atoms with Gasteiger partial charge in [-0.25, -0.2) is 4.39 Å². The van der Waals surface area contributed by atoms with Crippen molar-refractivity contribution in [1.82, 2.24) is 0 Å². The third kappa shape index (κ3) is 1.75. The molecule has 90 valence electrons. The van der Waals surface area contributed by atoms with Gasteiger partial charge in [-0.2, -0.15) is 0 Å². The molecule has 0 bridgehead atoms. The van der Waals surface area contributed by atoms with Crippen molar-refractivity contribution in [3.63, 3.8) is 0 Å². The van der Waals surface area contributed by atoms with Crippen LogP contribution in [0, 0.1) is 5.82 Å². The lowest BCUT2D eigenvalue weighted by molar-refractivity contribution is 0.284. The van der Waals surface area contributed by atoms with Gasteiger partial charge in [0.2, 0.25) is 0 Å². The first-order chi connectivity index (χ1) is 8.79. The van der Waals surface area contributed by atoms with Crippen molar-refractivity contribution >= 4 is 5.57 Å². The first-order valence-corrected chi connectivity index (χ1v) is 5.97. The van der Waals surface area contributed by atoms with Gasteiger partial charge in [-0.3, -0.25) is 0 Å². The molecule has 1 unspecified atom stereocenters. The quantitative estimate of drug-likeness (QED) is 0.853. The van der Waals surface area contributed by atoms with E-state index in [0.717, 1.165) is 22.3 Å². The van der Waals surface area contributed by atoms with Crippen LogP contribution in [0.1, 0.15) is 22.6 Å². The van der Waals surface area contributed by atoms with Crippen molar-refractivity contribution in [2.24, 2.45) is 0 Å². The first-order valence-electron chi connectivity index (χ1n) is 5.97. The minimum Gasteiger partial charge on any atom is -0.395 e. The van der Waals surface area contributed by atoms with Crippen LogP contribution < -0.4 is 0 Å². The second-order valence-electron chi connectivity index (χ2n) is 4.46. The van der Waals surface area contributed by atoms with Crippen molar-refractivity contribution in [3.05, 3.63) is 77.1 Å². The molecule has 0 saturated heterocycles. The molecule has 0 aliphatic heterocycles. The molecule has 0 fully saturated rings. The topological polar surface area (TPSA) is 20.2 Å². The molecular formula is C16H13FO. The molecule has 0 saturated carbocycles. The van der Waals surface area contributed by atoms with Gasteiger partial charge in [0.05, 0.1) is 6.61 Å². The van der Waals surface area contributed by atoms with E-state index in [9.17, 15) is 9.50 Å². The highest BCUT2D eigenvalue weighted by atomic mass is 19.1. The number of rotatable bonds is 2. The molecule has 0 heterocycles. The highest BCUT2D eigenvalue weighted by Gasteiger charge is 2.22. The van der Waals surface area contributed by atoms with E-state index in [1.54, 1.807) is 12.1 Å². The third-order valence-corrected chi connectivity index (χ3v) is 3.37. The highest BCUT2D eigenvalue weighted by Crippen LogP contribution is 2.38. The van der Waals surface area contributed by atoms with Gasteiger partial charge in [-0.05, 0) is 34.4 Å². The van der Waals surface area contributed by atoms with Crippen molar-refractivity contribution in [2.45, 2.75) is 5.92 Å². The Kier molecular flexibility index (Phi) is 2.73. The number of benzene rings is 2. The van der Waals surface area contributed by atoms with Gasteiger partial charge in [-0.1, -0.05) is 42.5 Å². The van der Waals surface area contributed by atoms with E-state index in [-0.39, 0.29) is 18.3 Å². The molecule has 0 spiro atoms. The van der Waals surface area contributed by atoms with Crippen LogP contribution in [0.25, 0.3) is 5.57 Å². The predicted octanol–water partition coefficient (Wildman–Crippen LogP) is 3.35. The maximum absolute atomic E-state index is 13.0. The fraction of sp³-hybridized carbons (Fsp3) is 0.125. The monoisotopic (exact) mass is 240 g/mol. The Morgan fingerprint density at radius 3 is 2.44 bits per heavy atom. The first kappa shape index (κ1) is 11.2. The molecule has 2 aromatic rings. The van der Waals surface area contributed by atoms with E-state index in [0.29, 0.717) is 0 Å². The fourth-order valence-corrected chi connectivity index (χ4v) is 2.48. The van der Waals surface area contributed by atoms with Gasteiger partial charge < -0.3 is 5.11 Å². The zero-order valence-corrected chi connectivity index (χ0v) is 9.81. The molecule has 1 nitrogen and oxygen atoms in total. The Balaban J connectivity index is 2.10. The smallest absolute Gasteiger partial charge is 0.123 e. The molecule has 1 aliphatic rings. The molecule has 1 aliphatic carbocycles. The summed E-state index contributed by atoms with van der Waals surface area (Å²) in [4.78, 5) is 0. The van der Waals surface area contributed by atoms with E-state index >= 15 is 0 Å². The van der Waals surface area contributed by atoms with Gasteiger partial charge in [-0.15, -0.1) is 0 Å². The summed E-state index contributed by atoms with van der Waals surface area (Å²) in [5.41, 5.74) is 4.33.